The van der Waals surface area contributed by atoms with E-state index in [0.717, 1.165) is 5.56 Å². The zero-order valence-corrected chi connectivity index (χ0v) is 20.1. The molecule has 1 heterocycles. The number of carbonyl (C=O) groups is 1. The molecule has 1 saturated heterocycles. The van der Waals surface area contributed by atoms with Crippen LogP contribution in [0.15, 0.2) is 41.3 Å². The third kappa shape index (κ3) is 6.50. The third-order valence-corrected chi connectivity index (χ3v) is 7.19. The van der Waals surface area contributed by atoms with Crippen molar-refractivity contribution < 1.29 is 32.2 Å². The van der Waals surface area contributed by atoms with Gasteiger partial charge in [0.1, 0.15) is 10.6 Å². The van der Waals surface area contributed by atoms with Gasteiger partial charge in [-0.3, -0.25) is 4.79 Å². The summed E-state index contributed by atoms with van der Waals surface area (Å²) in [6, 6.07) is 9.84. The lowest BCUT2D eigenvalue weighted by Gasteiger charge is -2.26. The van der Waals surface area contributed by atoms with Crippen LogP contribution >= 0.6 is 11.6 Å². The molecule has 1 aliphatic rings. The van der Waals surface area contributed by atoms with Gasteiger partial charge < -0.3 is 24.3 Å². The molecular weight excluding hydrogens is 472 g/mol. The highest BCUT2D eigenvalue weighted by Crippen LogP contribution is 2.30. The topological polar surface area (TPSA) is 103 Å². The van der Waals surface area contributed by atoms with Crippen LogP contribution in [-0.2, 0) is 26.0 Å². The Kier molecular flexibility index (Phi) is 8.79. The van der Waals surface area contributed by atoms with E-state index >= 15 is 0 Å². The van der Waals surface area contributed by atoms with Gasteiger partial charge in [-0.25, -0.2) is 8.42 Å². The molecular formula is C22H27ClN2O7S. The van der Waals surface area contributed by atoms with Crippen molar-refractivity contribution in [2.45, 2.75) is 11.3 Å². The van der Waals surface area contributed by atoms with Gasteiger partial charge in [0.05, 0.1) is 27.4 Å². The number of morpholine rings is 1. The van der Waals surface area contributed by atoms with Gasteiger partial charge in [-0.2, -0.15) is 4.31 Å². The second-order valence-electron chi connectivity index (χ2n) is 7.19. The number of halogens is 1. The molecule has 1 amide bonds. The standard InChI is InChI=1S/C22H27ClN2O7S/c1-29-18-5-3-16(13-20(18)30-2)7-8-24-22(26)15-32-19-6-4-17(23)14-21(19)33(27,28)25-9-11-31-12-10-25/h3-6,13-14H,7-12,15H2,1-2H3,(H,24,26). The van der Waals surface area contributed by atoms with E-state index in [9.17, 15) is 13.2 Å². The normalized spacial score (nSPS) is 14.5. The quantitative estimate of drug-likeness (QED) is 0.535. The molecule has 0 bridgehead atoms. The van der Waals surface area contributed by atoms with Gasteiger partial charge in [-0.15, -0.1) is 0 Å². The Morgan fingerprint density at radius 2 is 1.76 bits per heavy atom. The third-order valence-electron chi connectivity index (χ3n) is 5.04. The minimum absolute atomic E-state index is 0.0703. The summed E-state index contributed by atoms with van der Waals surface area (Å²) in [7, 11) is -0.712. The van der Waals surface area contributed by atoms with Gasteiger partial charge >= 0.3 is 0 Å². The number of nitrogens with one attached hydrogen (secondary N) is 1. The van der Waals surface area contributed by atoms with E-state index in [0.29, 0.717) is 37.7 Å². The number of methoxy groups -OCH3 is 2. The summed E-state index contributed by atoms with van der Waals surface area (Å²) in [4.78, 5) is 12.2. The first kappa shape index (κ1) is 25.1. The van der Waals surface area contributed by atoms with Crippen LogP contribution in [0.3, 0.4) is 0 Å². The highest BCUT2D eigenvalue weighted by atomic mass is 35.5. The zero-order valence-electron chi connectivity index (χ0n) is 18.5. The van der Waals surface area contributed by atoms with Gasteiger partial charge in [0.2, 0.25) is 10.0 Å². The fourth-order valence-electron chi connectivity index (χ4n) is 3.31. The lowest BCUT2D eigenvalue weighted by molar-refractivity contribution is -0.123. The number of nitrogens with zero attached hydrogens (tertiary/aromatic N) is 1. The number of benzene rings is 2. The molecule has 0 radical (unpaired) electrons. The maximum Gasteiger partial charge on any atom is 0.257 e. The Labute approximate surface area is 198 Å². The summed E-state index contributed by atoms with van der Waals surface area (Å²) in [5.41, 5.74) is 0.963. The Bertz CT molecular complexity index is 1070. The molecule has 33 heavy (non-hydrogen) atoms. The number of sulfonamides is 1. The molecule has 9 nitrogen and oxygen atoms in total. The lowest BCUT2D eigenvalue weighted by atomic mass is 10.1. The van der Waals surface area contributed by atoms with Crippen molar-refractivity contribution in [2.75, 3.05) is 53.7 Å². The number of carbonyl (C=O) groups excluding carboxylic acids is 1. The molecule has 180 valence electrons. The van der Waals surface area contributed by atoms with Crippen molar-refractivity contribution in [1.29, 1.82) is 0 Å². The van der Waals surface area contributed by atoms with Crippen LogP contribution in [0.1, 0.15) is 5.56 Å². The molecule has 0 saturated carbocycles. The molecule has 1 N–H and O–H groups in total. The van der Waals surface area contributed by atoms with Crippen molar-refractivity contribution in [3.63, 3.8) is 0 Å². The second kappa shape index (κ2) is 11.6. The first-order valence-corrected chi connectivity index (χ1v) is 12.1. The predicted octanol–water partition coefficient (Wildman–Crippen LogP) is 2.12. The largest absolute Gasteiger partial charge is 0.493 e. The van der Waals surface area contributed by atoms with E-state index in [4.69, 9.17) is 30.5 Å². The summed E-state index contributed by atoms with van der Waals surface area (Å²) in [6.07, 6.45) is 0.573. The number of hydrogen-bond donors (Lipinski definition) is 1. The predicted molar refractivity (Wildman–Crippen MR) is 123 cm³/mol. The Morgan fingerprint density at radius 1 is 1.06 bits per heavy atom. The minimum atomic E-state index is -3.84. The fraction of sp³-hybridized carbons (Fsp3) is 0.409. The number of amides is 1. The monoisotopic (exact) mass is 498 g/mol. The Morgan fingerprint density at radius 3 is 2.45 bits per heavy atom. The molecule has 2 aromatic carbocycles. The summed E-state index contributed by atoms with van der Waals surface area (Å²) in [6.45, 7) is 1.16. The average molecular weight is 499 g/mol. The summed E-state index contributed by atoms with van der Waals surface area (Å²) in [5.74, 6) is 0.937. The lowest BCUT2D eigenvalue weighted by Crippen LogP contribution is -2.40. The van der Waals surface area contributed by atoms with Crippen LogP contribution in [0, 0.1) is 0 Å². The molecule has 0 spiro atoms. The smallest absolute Gasteiger partial charge is 0.257 e. The van der Waals surface area contributed by atoms with Gasteiger partial charge in [0.15, 0.2) is 18.1 Å². The molecule has 11 heteroatoms. The summed E-state index contributed by atoms with van der Waals surface area (Å²) in [5, 5.41) is 3.02. The SMILES string of the molecule is COc1ccc(CCNC(=O)COc2ccc(Cl)cc2S(=O)(=O)N2CCOCC2)cc1OC. The molecule has 2 aromatic rings. The van der Waals surface area contributed by atoms with Crippen LogP contribution in [0.5, 0.6) is 17.2 Å². The van der Waals surface area contributed by atoms with Gasteiger partial charge in [-0.05, 0) is 42.3 Å². The molecule has 0 unspecified atom stereocenters. The molecule has 1 fully saturated rings. The van der Waals surface area contributed by atoms with Crippen LogP contribution < -0.4 is 19.5 Å². The second-order valence-corrected chi connectivity index (χ2v) is 9.53. The van der Waals surface area contributed by atoms with Crippen LogP contribution in [0.25, 0.3) is 0 Å². The first-order chi connectivity index (χ1) is 15.8. The highest BCUT2D eigenvalue weighted by molar-refractivity contribution is 7.89. The van der Waals surface area contributed by atoms with E-state index < -0.39 is 10.0 Å². The number of ether oxygens (including phenoxy) is 4. The van der Waals surface area contributed by atoms with Gasteiger partial charge in [-0.1, -0.05) is 17.7 Å². The van der Waals surface area contributed by atoms with Crippen molar-refractivity contribution in [3.05, 3.63) is 47.0 Å². The highest BCUT2D eigenvalue weighted by Gasteiger charge is 2.29. The minimum Gasteiger partial charge on any atom is -0.493 e. The number of hydrogen-bond acceptors (Lipinski definition) is 7. The van der Waals surface area contributed by atoms with E-state index in [1.807, 2.05) is 12.1 Å². The van der Waals surface area contributed by atoms with Crippen molar-refractivity contribution in [2.24, 2.45) is 0 Å². The zero-order chi connectivity index (χ0) is 23.8. The van der Waals surface area contributed by atoms with Crippen LogP contribution in [0.4, 0.5) is 0 Å². The van der Waals surface area contributed by atoms with E-state index in [1.54, 1.807) is 20.3 Å². The molecule has 0 atom stereocenters. The maximum atomic E-state index is 13.0. The molecule has 1 aliphatic heterocycles. The maximum absolute atomic E-state index is 13.0. The Balaban J connectivity index is 1.58. The summed E-state index contributed by atoms with van der Waals surface area (Å²) >= 11 is 6.03. The van der Waals surface area contributed by atoms with Gasteiger partial charge in [0, 0.05) is 24.7 Å². The van der Waals surface area contributed by atoms with Crippen molar-refractivity contribution in [3.8, 4) is 17.2 Å². The number of rotatable bonds is 10. The van der Waals surface area contributed by atoms with E-state index in [1.165, 1.54) is 22.5 Å². The summed E-state index contributed by atoms with van der Waals surface area (Å²) < 4.78 is 48.7. The Hall–Kier alpha value is -2.53. The fourth-order valence-corrected chi connectivity index (χ4v) is 5.11. The van der Waals surface area contributed by atoms with Crippen molar-refractivity contribution in [1.82, 2.24) is 9.62 Å². The average Bonchev–Trinajstić information content (AvgIpc) is 2.83. The van der Waals surface area contributed by atoms with Gasteiger partial charge in [0.25, 0.3) is 5.91 Å². The first-order valence-electron chi connectivity index (χ1n) is 10.3. The van der Waals surface area contributed by atoms with Crippen molar-refractivity contribution >= 4 is 27.5 Å². The molecule has 0 aromatic heterocycles. The molecule has 0 aliphatic carbocycles. The van der Waals surface area contributed by atoms with Crippen LogP contribution in [0.2, 0.25) is 5.02 Å². The van der Waals surface area contributed by atoms with E-state index in [-0.39, 0.29) is 41.3 Å². The van der Waals surface area contributed by atoms with Crippen LogP contribution in [-0.4, -0.2) is 72.3 Å². The molecule has 3 rings (SSSR count). The van der Waals surface area contributed by atoms with E-state index in [2.05, 4.69) is 5.32 Å².